The molecule has 3 aromatic heterocycles. The first-order valence-corrected chi connectivity index (χ1v) is 6.99. The average Bonchev–Trinajstić information content (AvgIpc) is 2.97. The second-order valence-electron chi connectivity index (χ2n) is 3.66. The zero-order valence-corrected chi connectivity index (χ0v) is 10.9. The Labute approximate surface area is 106 Å². The van der Waals surface area contributed by atoms with Crippen LogP contribution in [0.15, 0.2) is 10.9 Å². The minimum atomic E-state index is 0.581. The molecule has 88 valence electrons. The van der Waals surface area contributed by atoms with Crippen LogP contribution in [0.25, 0.3) is 15.5 Å². The summed E-state index contributed by atoms with van der Waals surface area (Å²) in [6, 6.07) is 0. The van der Waals surface area contributed by atoms with Crippen LogP contribution in [0.1, 0.15) is 11.5 Å². The summed E-state index contributed by atoms with van der Waals surface area (Å²) in [4.78, 5) is 6.37. The van der Waals surface area contributed by atoms with Crippen molar-refractivity contribution in [3.8, 4) is 10.6 Å². The molecule has 0 aliphatic heterocycles. The lowest BCUT2D eigenvalue weighted by Gasteiger charge is -2.00. The number of fused-ring (bicyclic) bond motifs is 1. The van der Waals surface area contributed by atoms with Crippen molar-refractivity contribution in [1.82, 2.24) is 19.6 Å². The van der Waals surface area contributed by atoms with Crippen molar-refractivity contribution in [2.75, 3.05) is 6.54 Å². The van der Waals surface area contributed by atoms with Crippen molar-refractivity contribution in [3.63, 3.8) is 0 Å². The lowest BCUT2D eigenvalue weighted by molar-refractivity contribution is 0.851. The van der Waals surface area contributed by atoms with E-state index in [2.05, 4.69) is 25.0 Å². The molecule has 0 fully saturated rings. The topological polar surface area (TPSA) is 69.1 Å². The summed E-state index contributed by atoms with van der Waals surface area (Å²) in [5, 5.41) is 10.4. The third-order valence-corrected chi connectivity index (χ3v) is 4.33. The van der Waals surface area contributed by atoms with E-state index in [0.717, 1.165) is 28.6 Å². The second-order valence-corrected chi connectivity index (χ2v) is 5.35. The molecule has 0 unspecified atom stereocenters. The zero-order chi connectivity index (χ0) is 11.8. The number of hydrogen-bond acceptors (Lipinski definition) is 6. The second kappa shape index (κ2) is 4.17. The van der Waals surface area contributed by atoms with Crippen molar-refractivity contribution in [3.05, 3.63) is 22.4 Å². The van der Waals surface area contributed by atoms with Crippen LogP contribution < -0.4 is 5.73 Å². The molecular weight excluding hydrogens is 254 g/mol. The van der Waals surface area contributed by atoms with Gasteiger partial charge in [-0.25, -0.2) is 4.98 Å². The molecule has 0 atom stereocenters. The minimum absolute atomic E-state index is 0.581. The molecule has 0 aliphatic rings. The highest BCUT2D eigenvalue weighted by Crippen LogP contribution is 2.31. The Morgan fingerprint density at radius 1 is 1.35 bits per heavy atom. The van der Waals surface area contributed by atoms with Gasteiger partial charge in [0, 0.05) is 11.8 Å². The summed E-state index contributed by atoms with van der Waals surface area (Å²) in [7, 11) is 0. The molecule has 17 heavy (non-hydrogen) atoms. The van der Waals surface area contributed by atoms with Crippen molar-refractivity contribution < 1.29 is 0 Å². The Hall–Kier alpha value is -1.31. The predicted molar refractivity (Wildman–Crippen MR) is 69.5 cm³/mol. The first-order chi connectivity index (χ1) is 8.31. The molecule has 0 amide bonds. The van der Waals surface area contributed by atoms with Crippen molar-refractivity contribution >= 4 is 27.6 Å². The van der Waals surface area contributed by atoms with Crippen LogP contribution in [0.2, 0.25) is 0 Å². The van der Waals surface area contributed by atoms with Crippen LogP contribution in [0, 0.1) is 6.92 Å². The van der Waals surface area contributed by atoms with Gasteiger partial charge in [-0.15, -0.1) is 32.9 Å². The summed E-state index contributed by atoms with van der Waals surface area (Å²) in [5.41, 5.74) is 9.62. The quantitative estimate of drug-likeness (QED) is 0.783. The van der Waals surface area contributed by atoms with Crippen LogP contribution in [0.5, 0.6) is 0 Å². The van der Waals surface area contributed by atoms with E-state index in [1.165, 1.54) is 4.88 Å². The molecule has 3 rings (SSSR count). The minimum Gasteiger partial charge on any atom is -0.330 e. The van der Waals surface area contributed by atoms with Gasteiger partial charge < -0.3 is 5.73 Å². The average molecular weight is 265 g/mol. The smallest absolute Gasteiger partial charge is 0.216 e. The predicted octanol–water partition coefficient (Wildman–Crippen LogP) is 1.72. The molecule has 0 radical (unpaired) electrons. The number of aryl methyl sites for hydroxylation is 1. The maximum Gasteiger partial charge on any atom is 0.216 e. The van der Waals surface area contributed by atoms with E-state index >= 15 is 0 Å². The van der Waals surface area contributed by atoms with Gasteiger partial charge in [-0.2, -0.15) is 0 Å². The van der Waals surface area contributed by atoms with Gasteiger partial charge in [-0.05, 0) is 13.5 Å². The monoisotopic (exact) mass is 265 g/mol. The number of nitrogens with zero attached hydrogens (tertiary/aromatic N) is 4. The van der Waals surface area contributed by atoms with E-state index in [-0.39, 0.29) is 0 Å². The van der Waals surface area contributed by atoms with Crippen LogP contribution in [-0.2, 0) is 6.42 Å². The van der Waals surface area contributed by atoms with E-state index in [1.54, 1.807) is 22.7 Å². The lowest BCUT2D eigenvalue weighted by atomic mass is 10.3. The molecule has 2 N–H and O–H groups in total. The van der Waals surface area contributed by atoms with Gasteiger partial charge in [0.1, 0.15) is 5.82 Å². The van der Waals surface area contributed by atoms with Crippen molar-refractivity contribution in [2.24, 2.45) is 5.73 Å². The Kier molecular flexibility index (Phi) is 2.65. The SMILES string of the molecule is Cc1ncsc1-c1csc2nnc(CCN)n12. The highest BCUT2D eigenvalue weighted by Gasteiger charge is 2.15. The molecule has 3 heterocycles. The molecule has 3 aromatic rings. The van der Waals surface area contributed by atoms with E-state index in [4.69, 9.17) is 5.73 Å². The highest BCUT2D eigenvalue weighted by atomic mass is 32.1. The standard InChI is InChI=1S/C10H11N5S2/c1-6-9(17-5-12-6)7-4-16-10-14-13-8(2-3-11)15(7)10/h4-5H,2-3,11H2,1H3. The van der Waals surface area contributed by atoms with Gasteiger partial charge in [0.25, 0.3) is 0 Å². The normalized spacial score (nSPS) is 11.4. The largest absolute Gasteiger partial charge is 0.330 e. The Morgan fingerprint density at radius 3 is 2.94 bits per heavy atom. The van der Waals surface area contributed by atoms with Crippen LogP contribution >= 0.6 is 22.7 Å². The fourth-order valence-corrected chi connectivity index (χ4v) is 3.50. The Bertz CT molecular complexity index is 651. The number of thiazole rings is 2. The van der Waals surface area contributed by atoms with Gasteiger partial charge in [0.2, 0.25) is 4.96 Å². The number of nitrogens with two attached hydrogens (primary N) is 1. The Balaban J connectivity index is 2.23. The van der Waals surface area contributed by atoms with E-state index in [1.807, 2.05) is 12.4 Å². The zero-order valence-electron chi connectivity index (χ0n) is 9.25. The lowest BCUT2D eigenvalue weighted by Crippen LogP contribution is -2.06. The fraction of sp³-hybridized carbons (Fsp3) is 0.300. The van der Waals surface area contributed by atoms with Crippen molar-refractivity contribution in [1.29, 1.82) is 0 Å². The molecule has 0 saturated heterocycles. The maximum atomic E-state index is 5.59. The van der Waals surface area contributed by atoms with Crippen molar-refractivity contribution in [2.45, 2.75) is 13.3 Å². The highest BCUT2D eigenvalue weighted by molar-refractivity contribution is 7.16. The Morgan fingerprint density at radius 2 is 2.24 bits per heavy atom. The van der Waals surface area contributed by atoms with Crippen LogP contribution in [-0.4, -0.2) is 26.1 Å². The van der Waals surface area contributed by atoms with Gasteiger partial charge in [0.05, 0.1) is 21.8 Å². The summed E-state index contributed by atoms with van der Waals surface area (Å²) in [6.07, 6.45) is 0.739. The number of rotatable bonds is 3. The summed E-state index contributed by atoms with van der Waals surface area (Å²) in [5.74, 6) is 0.923. The third-order valence-electron chi connectivity index (χ3n) is 2.56. The van der Waals surface area contributed by atoms with Gasteiger partial charge in [0.15, 0.2) is 0 Å². The van der Waals surface area contributed by atoms with Crippen LogP contribution in [0.3, 0.4) is 0 Å². The first-order valence-electron chi connectivity index (χ1n) is 5.23. The first kappa shape index (κ1) is 10.8. The molecule has 7 heteroatoms. The molecular formula is C10H11N5S2. The van der Waals surface area contributed by atoms with E-state index < -0.39 is 0 Å². The van der Waals surface area contributed by atoms with Crippen LogP contribution in [0.4, 0.5) is 0 Å². The molecule has 0 bridgehead atoms. The van der Waals surface area contributed by atoms with Gasteiger partial charge in [-0.3, -0.25) is 4.40 Å². The third kappa shape index (κ3) is 1.67. The molecule has 0 spiro atoms. The number of hydrogen-bond donors (Lipinski definition) is 1. The summed E-state index contributed by atoms with van der Waals surface area (Å²) in [6.45, 7) is 2.60. The van der Waals surface area contributed by atoms with E-state index in [0.29, 0.717) is 6.54 Å². The molecule has 0 aliphatic carbocycles. The molecule has 0 saturated carbocycles. The molecule has 0 aromatic carbocycles. The van der Waals surface area contributed by atoms with E-state index in [9.17, 15) is 0 Å². The maximum absolute atomic E-state index is 5.59. The van der Waals surface area contributed by atoms with Gasteiger partial charge >= 0.3 is 0 Å². The summed E-state index contributed by atoms with van der Waals surface area (Å²) < 4.78 is 2.08. The fourth-order valence-electron chi connectivity index (χ4n) is 1.77. The molecule has 5 nitrogen and oxygen atoms in total. The summed E-state index contributed by atoms with van der Waals surface area (Å²) >= 11 is 3.24. The number of aromatic nitrogens is 4. The van der Waals surface area contributed by atoms with Gasteiger partial charge in [-0.1, -0.05) is 0 Å².